The molecule has 0 saturated carbocycles. The van der Waals surface area contributed by atoms with Crippen molar-refractivity contribution < 1.29 is 4.74 Å². The smallest absolute Gasteiger partial charge is 0.223 e. The van der Waals surface area contributed by atoms with E-state index in [1.165, 1.54) is 5.56 Å². The SMILES string of the molecule is CCc1nc(Br)cc(Oc2ccc(C)cc2Br)n1. The van der Waals surface area contributed by atoms with Gasteiger partial charge < -0.3 is 4.74 Å². The number of rotatable bonds is 3. The van der Waals surface area contributed by atoms with Crippen LogP contribution in [0.25, 0.3) is 0 Å². The molecule has 0 radical (unpaired) electrons. The Morgan fingerprint density at radius 1 is 1.17 bits per heavy atom. The molecular formula is C13H12Br2N2O. The van der Waals surface area contributed by atoms with E-state index in [1.807, 2.05) is 32.0 Å². The summed E-state index contributed by atoms with van der Waals surface area (Å²) < 4.78 is 7.40. The molecule has 5 heteroatoms. The summed E-state index contributed by atoms with van der Waals surface area (Å²) >= 11 is 6.83. The zero-order chi connectivity index (χ0) is 13.1. The fraction of sp³-hybridized carbons (Fsp3) is 0.231. The van der Waals surface area contributed by atoms with Crippen molar-refractivity contribution in [2.75, 3.05) is 0 Å². The summed E-state index contributed by atoms with van der Waals surface area (Å²) in [7, 11) is 0. The standard InChI is InChI=1S/C13H12Br2N2O/c1-3-12-16-11(15)7-13(17-12)18-10-5-4-8(2)6-9(10)14/h4-7H,3H2,1-2H3. The summed E-state index contributed by atoms with van der Waals surface area (Å²) in [6.45, 7) is 4.04. The number of hydrogen-bond donors (Lipinski definition) is 0. The van der Waals surface area contributed by atoms with Gasteiger partial charge in [-0.2, -0.15) is 4.98 Å². The molecule has 0 aliphatic heterocycles. The number of halogens is 2. The molecule has 2 aromatic rings. The van der Waals surface area contributed by atoms with Gasteiger partial charge in [-0.25, -0.2) is 4.98 Å². The van der Waals surface area contributed by atoms with Crippen molar-refractivity contribution in [1.82, 2.24) is 9.97 Å². The van der Waals surface area contributed by atoms with E-state index >= 15 is 0 Å². The normalized spacial score (nSPS) is 10.4. The van der Waals surface area contributed by atoms with Crippen molar-refractivity contribution in [3.63, 3.8) is 0 Å². The maximum absolute atomic E-state index is 5.76. The Labute approximate surface area is 123 Å². The van der Waals surface area contributed by atoms with Gasteiger partial charge in [0, 0.05) is 12.5 Å². The first kappa shape index (κ1) is 13.5. The zero-order valence-electron chi connectivity index (χ0n) is 10.1. The lowest BCUT2D eigenvalue weighted by Gasteiger charge is -2.08. The molecule has 0 aliphatic rings. The van der Waals surface area contributed by atoms with Crippen LogP contribution in [0.3, 0.4) is 0 Å². The molecule has 94 valence electrons. The molecule has 1 aromatic carbocycles. The lowest BCUT2D eigenvalue weighted by molar-refractivity contribution is 0.455. The molecule has 1 aromatic heterocycles. The van der Waals surface area contributed by atoms with E-state index in [0.29, 0.717) is 5.88 Å². The highest BCUT2D eigenvalue weighted by atomic mass is 79.9. The molecule has 0 saturated heterocycles. The average Bonchev–Trinajstić information content (AvgIpc) is 2.32. The minimum atomic E-state index is 0.540. The Balaban J connectivity index is 2.30. The van der Waals surface area contributed by atoms with Gasteiger partial charge in [0.1, 0.15) is 16.2 Å². The molecule has 0 unspecified atom stereocenters. The molecule has 18 heavy (non-hydrogen) atoms. The van der Waals surface area contributed by atoms with Crippen LogP contribution in [0, 0.1) is 6.92 Å². The lowest BCUT2D eigenvalue weighted by Crippen LogP contribution is -1.97. The number of ether oxygens (including phenoxy) is 1. The summed E-state index contributed by atoms with van der Waals surface area (Å²) in [6.07, 6.45) is 0.769. The number of nitrogens with zero attached hydrogens (tertiary/aromatic N) is 2. The second-order valence-electron chi connectivity index (χ2n) is 3.83. The minimum Gasteiger partial charge on any atom is -0.438 e. The highest BCUT2D eigenvalue weighted by molar-refractivity contribution is 9.10. The van der Waals surface area contributed by atoms with E-state index in [9.17, 15) is 0 Å². The second kappa shape index (κ2) is 5.80. The third-order valence-corrected chi connectivity index (χ3v) is 3.36. The predicted octanol–water partition coefficient (Wildman–Crippen LogP) is 4.66. The molecular weight excluding hydrogens is 360 g/mol. The van der Waals surface area contributed by atoms with Gasteiger partial charge in [-0.05, 0) is 56.5 Å². The highest BCUT2D eigenvalue weighted by Crippen LogP contribution is 2.30. The number of aromatic nitrogens is 2. The Kier molecular flexibility index (Phi) is 4.35. The largest absolute Gasteiger partial charge is 0.438 e. The molecule has 3 nitrogen and oxygen atoms in total. The molecule has 2 rings (SSSR count). The number of hydrogen-bond acceptors (Lipinski definition) is 3. The Morgan fingerprint density at radius 3 is 2.61 bits per heavy atom. The predicted molar refractivity (Wildman–Crippen MR) is 78.1 cm³/mol. The molecule has 0 atom stereocenters. The van der Waals surface area contributed by atoms with Crippen LogP contribution in [0.2, 0.25) is 0 Å². The van der Waals surface area contributed by atoms with Crippen LogP contribution in [-0.4, -0.2) is 9.97 Å². The van der Waals surface area contributed by atoms with Gasteiger partial charge in [0.05, 0.1) is 4.47 Å². The topological polar surface area (TPSA) is 35.0 Å². The van der Waals surface area contributed by atoms with Crippen LogP contribution in [-0.2, 0) is 6.42 Å². The first-order valence-corrected chi connectivity index (χ1v) is 7.14. The number of benzene rings is 1. The summed E-state index contributed by atoms with van der Waals surface area (Å²) in [5, 5.41) is 0. The van der Waals surface area contributed by atoms with Gasteiger partial charge in [-0.1, -0.05) is 13.0 Å². The van der Waals surface area contributed by atoms with Gasteiger partial charge in [0.25, 0.3) is 0 Å². The van der Waals surface area contributed by atoms with Crippen LogP contribution in [0.1, 0.15) is 18.3 Å². The Bertz CT molecular complexity index is 573. The quantitative estimate of drug-likeness (QED) is 0.735. The van der Waals surface area contributed by atoms with Crippen molar-refractivity contribution >= 4 is 31.9 Å². The lowest BCUT2D eigenvalue weighted by atomic mass is 10.2. The van der Waals surface area contributed by atoms with Crippen LogP contribution in [0.15, 0.2) is 33.3 Å². The molecule has 0 spiro atoms. The van der Waals surface area contributed by atoms with Crippen molar-refractivity contribution in [3.05, 3.63) is 44.7 Å². The van der Waals surface area contributed by atoms with Crippen LogP contribution in [0.5, 0.6) is 11.6 Å². The fourth-order valence-electron chi connectivity index (χ4n) is 1.45. The van der Waals surface area contributed by atoms with Gasteiger partial charge in [0.15, 0.2) is 0 Å². The van der Waals surface area contributed by atoms with Crippen LogP contribution >= 0.6 is 31.9 Å². The molecule has 0 bridgehead atoms. The summed E-state index contributed by atoms with van der Waals surface area (Å²) in [5.74, 6) is 2.04. The summed E-state index contributed by atoms with van der Waals surface area (Å²) in [4.78, 5) is 8.57. The maximum atomic E-state index is 5.76. The summed E-state index contributed by atoms with van der Waals surface area (Å²) in [5.41, 5.74) is 1.17. The minimum absolute atomic E-state index is 0.540. The second-order valence-corrected chi connectivity index (χ2v) is 5.50. The van der Waals surface area contributed by atoms with Crippen molar-refractivity contribution in [2.24, 2.45) is 0 Å². The van der Waals surface area contributed by atoms with E-state index in [-0.39, 0.29) is 0 Å². The first-order valence-electron chi connectivity index (χ1n) is 5.56. The molecule has 0 aliphatic carbocycles. The van der Waals surface area contributed by atoms with Crippen LogP contribution in [0.4, 0.5) is 0 Å². The zero-order valence-corrected chi connectivity index (χ0v) is 13.2. The van der Waals surface area contributed by atoms with Gasteiger partial charge in [-0.15, -0.1) is 0 Å². The van der Waals surface area contributed by atoms with Crippen molar-refractivity contribution in [2.45, 2.75) is 20.3 Å². The first-order chi connectivity index (χ1) is 8.58. The molecule has 0 N–H and O–H groups in total. The van der Waals surface area contributed by atoms with Gasteiger partial charge >= 0.3 is 0 Å². The van der Waals surface area contributed by atoms with E-state index in [4.69, 9.17) is 4.74 Å². The third kappa shape index (κ3) is 3.29. The van der Waals surface area contributed by atoms with Crippen LogP contribution < -0.4 is 4.74 Å². The van der Waals surface area contributed by atoms with Crippen molar-refractivity contribution in [3.8, 4) is 11.6 Å². The maximum Gasteiger partial charge on any atom is 0.223 e. The Hall–Kier alpha value is -0.940. The van der Waals surface area contributed by atoms with Crippen molar-refractivity contribution in [1.29, 1.82) is 0 Å². The monoisotopic (exact) mass is 370 g/mol. The molecule has 1 heterocycles. The van der Waals surface area contributed by atoms with E-state index in [1.54, 1.807) is 6.07 Å². The van der Waals surface area contributed by atoms with Gasteiger partial charge in [-0.3, -0.25) is 0 Å². The number of aryl methyl sites for hydroxylation is 2. The Morgan fingerprint density at radius 2 is 1.94 bits per heavy atom. The van der Waals surface area contributed by atoms with E-state index in [0.717, 1.165) is 27.1 Å². The van der Waals surface area contributed by atoms with E-state index in [2.05, 4.69) is 41.8 Å². The highest BCUT2D eigenvalue weighted by Gasteiger charge is 2.07. The van der Waals surface area contributed by atoms with Gasteiger partial charge in [0.2, 0.25) is 5.88 Å². The molecule has 0 amide bonds. The fourth-order valence-corrected chi connectivity index (χ4v) is 2.43. The van der Waals surface area contributed by atoms with E-state index < -0.39 is 0 Å². The third-order valence-electron chi connectivity index (χ3n) is 2.34. The molecule has 0 fully saturated rings. The summed E-state index contributed by atoms with van der Waals surface area (Å²) in [6, 6.07) is 7.68. The average molecular weight is 372 g/mol.